The van der Waals surface area contributed by atoms with Gasteiger partial charge in [0, 0.05) is 16.1 Å². The lowest BCUT2D eigenvalue weighted by molar-refractivity contribution is -0.137. The lowest BCUT2D eigenvalue weighted by Gasteiger charge is -2.01. The molecular weight excluding hydrogens is 271 g/mol. The van der Waals surface area contributed by atoms with Crippen LogP contribution in [0.1, 0.15) is 31.7 Å². The molecule has 0 aromatic heterocycles. The highest BCUT2D eigenvalue weighted by molar-refractivity contribution is 6.35. The van der Waals surface area contributed by atoms with E-state index >= 15 is 0 Å². The van der Waals surface area contributed by atoms with E-state index < -0.39 is 0 Å². The third-order valence-corrected chi connectivity index (χ3v) is 2.92. The van der Waals surface area contributed by atoms with Gasteiger partial charge >= 0.3 is 5.97 Å². The Labute approximate surface area is 118 Å². The number of ether oxygens (including phenoxy) is 1. The van der Waals surface area contributed by atoms with Gasteiger partial charge in [-0.2, -0.15) is 0 Å². The van der Waals surface area contributed by atoms with Gasteiger partial charge < -0.3 is 4.74 Å². The summed E-state index contributed by atoms with van der Waals surface area (Å²) in [4.78, 5) is 11.4. The molecule has 0 radical (unpaired) electrons. The monoisotopic (exact) mass is 286 g/mol. The van der Waals surface area contributed by atoms with Crippen LogP contribution in [0.5, 0.6) is 0 Å². The summed E-state index contributed by atoms with van der Waals surface area (Å²) in [5.74, 6) is -0.350. The molecule has 2 nitrogen and oxygen atoms in total. The van der Waals surface area contributed by atoms with Crippen molar-refractivity contribution in [2.24, 2.45) is 0 Å². The van der Waals surface area contributed by atoms with Crippen molar-refractivity contribution in [1.29, 1.82) is 0 Å². The number of hydrogen-bond acceptors (Lipinski definition) is 2. The molecule has 1 rings (SSSR count). The molecule has 18 heavy (non-hydrogen) atoms. The summed E-state index contributed by atoms with van der Waals surface area (Å²) in [5, 5.41) is 1.08. The van der Waals surface area contributed by atoms with Crippen LogP contribution in [0.3, 0.4) is 0 Å². The summed E-state index contributed by atoms with van der Waals surface area (Å²) in [6.07, 6.45) is 6.08. The van der Waals surface area contributed by atoms with Crippen molar-refractivity contribution < 1.29 is 9.53 Å². The first kappa shape index (κ1) is 15.1. The Bertz CT molecular complexity index is 428. The van der Waals surface area contributed by atoms with E-state index in [0.29, 0.717) is 16.7 Å². The van der Waals surface area contributed by atoms with Crippen molar-refractivity contribution in [3.05, 3.63) is 39.9 Å². The minimum atomic E-state index is -0.350. The van der Waals surface area contributed by atoms with Crippen LogP contribution in [-0.2, 0) is 9.53 Å². The van der Waals surface area contributed by atoms with Crippen LogP contribution < -0.4 is 0 Å². The van der Waals surface area contributed by atoms with Gasteiger partial charge in [-0.1, -0.05) is 49.0 Å². The molecule has 0 saturated carbocycles. The maximum atomic E-state index is 11.4. The summed E-state index contributed by atoms with van der Waals surface area (Å²) in [6, 6.07) is 5.11. The normalized spacial score (nSPS) is 10.8. The zero-order valence-electron chi connectivity index (χ0n) is 10.3. The molecule has 0 aliphatic carbocycles. The molecule has 0 bridgehead atoms. The van der Waals surface area contributed by atoms with E-state index in [1.807, 2.05) is 0 Å². The highest BCUT2D eigenvalue weighted by atomic mass is 35.5. The molecule has 0 N–H and O–H groups in total. The lowest BCUT2D eigenvalue weighted by Crippen LogP contribution is -2.01. The molecule has 0 aliphatic heterocycles. The van der Waals surface area contributed by atoms with Gasteiger partial charge in [-0.05, 0) is 30.2 Å². The minimum absolute atomic E-state index is 0.350. The largest absolute Gasteiger partial charge is 0.463 e. The van der Waals surface area contributed by atoms with Crippen LogP contribution in [0.15, 0.2) is 24.3 Å². The van der Waals surface area contributed by atoms with Crippen molar-refractivity contribution in [2.45, 2.75) is 26.2 Å². The fraction of sp³-hybridized carbons (Fsp3) is 0.357. The molecule has 0 saturated heterocycles. The smallest absolute Gasteiger partial charge is 0.330 e. The second kappa shape index (κ2) is 8.17. The second-order valence-electron chi connectivity index (χ2n) is 3.87. The molecule has 0 heterocycles. The Balaban J connectivity index is 2.45. The van der Waals surface area contributed by atoms with Crippen molar-refractivity contribution in [1.82, 2.24) is 0 Å². The van der Waals surface area contributed by atoms with Gasteiger partial charge in [0.2, 0.25) is 0 Å². The van der Waals surface area contributed by atoms with Gasteiger partial charge in [-0.15, -0.1) is 0 Å². The van der Waals surface area contributed by atoms with Gasteiger partial charge in [0.25, 0.3) is 0 Å². The Morgan fingerprint density at radius 2 is 2.11 bits per heavy atom. The fourth-order valence-electron chi connectivity index (χ4n) is 1.37. The average Bonchev–Trinajstić information content (AvgIpc) is 2.33. The first-order valence-electron chi connectivity index (χ1n) is 5.93. The van der Waals surface area contributed by atoms with Crippen molar-refractivity contribution in [2.75, 3.05) is 6.61 Å². The van der Waals surface area contributed by atoms with Crippen molar-refractivity contribution in [3.8, 4) is 0 Å². The van der Waals surface area contributed by atoms with Crippen LogP contribution in [0, 0.1) is 0 Å². The summed E-state index contributed by atoms with van der Waals surface area (Å²) >= 11 is 11.7. The number of carbonyl (C=O) groups excluding carboxylic acids is 1. The molecule has 0 amide bonds. The molecule has 1 aromatic carbocycles. The summed E-state index contributed by atoms with van der Waals surface area (Å²) < 4.78 is 5.03. The number of benzene rings is 1. The topological polar surface area (TPSA) is 26.3 Å². The Morgan fingerprint density at radius 1 is 1.33 bits per heavy atom. The van der Waals surface area contributed by atoms with E-state index in [1.54, 1.807) is 24.3 Å². The maximum absolute atomic E-state index is 11.4. The van der Waals surface area contributed by atoms with Gasteiger partial charge in [-0.25, -0.2) is 4.79 Å². The molecule has 1 aromatic rings. The van der Waals surface area contributed by atoms with E-state index in [1.165, 1.54) is 6.08 Å². The lowest BCUT2D eigenvalue weighted by atomic mass is 10.2. The highest BCUT2D eigenvalue weighted by Gasteiger charge is 2.00. The first-order valence-corrected chi connectivity index (χ1v) is 6.69. The van der Waals surface area contributed by atoms with E-state index in [2.05, 4.69) is 6.92 Å². The Hall–Kier alpha value is -0.990. The summed E-state index contributed by atoms with van der Waals surface area (Å²) in [5.41, 5.74) is 0.742. The fourth-order valence-corrected chi connectivity index (χ4v) is 1.84. The van der Waals surface area contributed by atoms with E-state index in [9.17, 15) is 4.79 Å². The molecule has 0 unspecified atom stereocenters. The van der Waals surface area contributed by atoms with Crippen LogP contribution >= 0.6 is 23.2 Å². The molecule has 0 atom stereocenters. The first-order chi connectivity index (χ1) is 8.63. The second-order valence-corrected chi connectivity index (χ2v) is 4.72. The number of carbonyl (C=O) groups is 1. The maximum Gasteiger partial charge on any atom is 0.330 e. The quantitative estimate of drug-likeness (QED) is 0.429. The predicted molar refractivity (Wildman–Crippen MR) is 76.0 cm³/mol. The third kappa shape index (κ3) is 5.56. The Kier molecular flexibility index (Phi) is 6.84. The van der Waals surface area contributed by atoms with Crippen LogP contribution in [0.4, 0.5) is 0 Å². The molecule has 4 heteroatoms. The number of unbranched alkanes of at least 4 members (excludes halogenated alkanes) is 2. The van der Waals surface area contributed by atoms with Crippen LogP contribution in [0.2, 0.25) is 10.0 Å². The van der Waals surface area contributed by atoms with Crippen molar-refractivity contribution >= 4 is 35.2 Å². The average molecular weight is 287 g/mol. The predicted octanol–water partition coefficient (Wildman–Crippen LogP) is 4.74. The van der Waals surface area contributed by atoms with Gasteiger partial charge in [-0.3, -0.25) is 0 Å². The van der Waals surface area contributed by atoms with E-state index in [-0.39, 0.29) is 5.97 Å². The number of hydrogen-bond donors (Lipinski definition) is 0. The van der Waals surface area contributed by atoms with Crippen molar-refractivity contribution in [3.63, 3.8) is 0 Å². The van der Waals surface area contributed by atoms with Gasteiger partial charge in [0.15, 0.2) is 0 Å². The van der Waals surface area contributed by atoms with Gasteiger partial charge in [0.1, 0.15) is 0 Å². The zero-order chi connectivity index (χ0) is 13.4. The molecule has 0 fully saturated rings. The third-order valence-electron chi connectivity index (χ3n) is 2.35. The number of esters is 1. The van der Waals surface area contributed by atoms with Crippen LogP contribution in [-0.4, -0.2) is 12.6 Å². The van der Waals surface area contributed by atoms with E-state index in [0.717, 1.165) is 24.8 Å². The molecule has 0 aliphatic rings. The van der Waals surface area contributed by atoms with E-state index in [4.69, 9.17) is 27.9 Å². The zero-order valence-corrected chi connectivity index (χ0v) is 11.8. The highest BCUT2D eigenvalue weighted by Crippen LogP contribution is 2.21. The summed E-state index contributed by atoms with van der Waals surface area (Å²) in [6.45, 7) is 2.57. The van der Waals surface area contributed by atoms with Gasteiger partial charge in [0.05, 0.1) is 6.61 Å². The Morgan fingerprint density at radius 3 is 2.78 bits per heavy atom. The molecule has 98 valence electrons. The number of halogens is 2. The van der Waals surface area contributed by atoms with Crippen LogP contribution in [0.25, 0.3) is 6.08 Å². The SMILES string of the molecule is CCCCCOC(=O)/C=C/c1ccc(Cl)cc1Cl. The molecular formula is C14H16Cl2O2. The summed E-state index contributed by atoms with van der Waals surface area (Å²) in [7, 11) is 0. The number of rotatable bonds is 6. The standard InChI is InChI=1S/C14H16Cl2O2/c1-2-3-4-9-18-14(17)8-6-11-5-7-12(15)10-13(11)16/h5-8,10H,2-4,9H2,1H3/b8-6+. The molecule has 0 spiro atoms. The minimum Gasteiger partial charge on any atom is -0.463 e.